The zero-order valence-corrected chi connectivity index (χ0v) is 11.7. The van der Waals surface area contributed by atoms with Crippen LogP contribution in [0.5, 0.6) is 0 Å². The van der Waals surface area contributed by atoms with Gasteiger partial charge in [0.2, 0.25) is 0 Å². The molecule has 0 aromatic heterocycles. The van der Waals surface area contributed by atoms with Gasteiger partial charge in [-0.2, -0.15) is 0 Å². The second-order valence-corrected chi connectivity index (χ2v) is 7.94. The number of rotatable bonds is 2. The Morgan fingerprint density at radius 3 is 2.05 bits per heavy atom. The number of amides is 1. The summed E-state index contributed by atoms with van der Waals surface area (Å²) in [5, 5.41) is 3.33. The third kappa shape index (κ3) is 1.09. The molecule has 6 fully saturated rings. The molecular weight excluding hydrogens is 265 g/mol. The highest BCUT2D eigenvalue weighted by molar-refractivity contribution is 5.94. The first-order valence-corrected chi connectivity index (χ1v) is 8.30. The van der Waals surface area contributed by atoms with Crippen LogP contribution in [0.3, 0.4) is 0 Å². The van der Waals surface area contributed by atoms with E-state index < -0.39 is 0 Å². The average molecular weight is 283 g/mol. The van der Waals surface area contributed by atoms with Crippen LogP contribution < -0.4 is 5.32 Å². The molecule has 0 radical (unpaired) electrons. The predicted molar refractivity (Wildman–Crippen MR) is 74.8 cm³/mol. The predicted octanol–water partition coefficient (Wildman–Crippen LogP) is 2.70. The first-order chi connectivity index (χ1) is 10.2. The molecule has 6 saturated carbocycles. The molecule has 6 bridgehead atoms. The maximum atomic E-state index is 13.0. The Kier molecular flexibility index (Phi) is 1.78. The lowest BCUT2D eigenvalue weighted by Crippen LogP contribution is -2.39. The number of nitrogens with one attached hydrogen (secondary N) is 1. The van der Waals surface area contributed by atoms with E-state index in [-0.39, 0.29) is 11.7 Å². The van der Waals surface area contributed by atoms with Gasteiger partial charge in [0, 0.05) is 11.6 Å². The van der Waals surface area contributed by atoms with Gasteiger partial charge in [0.05, 0.1) is 0 Å². The summed E-state index contributed by atoms with van der Waals surface area (Å²) in [5.41, 5.74) is 0.592. The minimum Gasteiger partial charge on any atom is -0.349 e. The van der Waals surface area contributed by atoms with Crippen LogP contribution in [0.15, 0.2) is 24.3 Å². The van der Waals surface area contributed by atoms with Crippen LogP contribution >= 0.6 is 0 Å². The molecule has 2 nitrogen and oxygen atoms in total. The third-order valence-electron chi connectivity index (χ3n) is 7.73. The lowest BCUT2D eigenvalue weighted by Gasteiger charge is -2.33. The van der Waals surface area contributed by atoms with Crippen molar-refractivity contribution in [1.29, 1.82) is 0 Å². The fraction of sp³-hybridized carbons (Fsp3) is 0.611. The van der Waals surface area contributed by atoms with Crippen molar-refractivity contribution in [3.05, 3.63) is 35.6 Å². The van der Waals surface area contributed by atoms with Gasteiger partial charge in [-0.3, -0.25) is 4.79 Å². The summed E-state index contributed by atoms with van der Waals surface area (Å²) >= 11 is 0. The van der Waals surface area contributed by atoms with E-state index in [0.29, 0.717) is 11.6 Å². The van der Waals surface area contributed by atoms with Crippen molar-refractivity contribution < 1.29 is 9.18 Å². The first kappa shape index (κ1) is 11.2. The summed E-state index contributed by atoms with van der Waals surface area (Å²) in [6, 6.07) is 6.34. The van der Waals surface area contributed by atoms with Crippen LogP contribution in [0.25, 0.3) is 0 Å². The largest absolute Gasteiger partial charge is 0.349 e. The summed E-state index contributed by atoms with van der Waals surface area (Å²) < 4.78 is 13.0. The molecule has 108 valence electrons. The molecule has 7 rings (SSSR count). The molecule has 0 saturated heterocycles. The normalized spacial score (nSPS) is 53.3. The van der Waals surface area contributed by atoms with Gasteiger partial charge in [0.25, 0.3) is 5.91 Å². The maximum Gasteiger partial charge on any atom is 0.251 e. The smallest absolute Gasteiger partial charge is 0.251 e. The van der Waals surface area contributed by atoms with Gasteiger partial charge in [-0.05, 0) is 84.5 Å². The van der Waals surface area contributed by atoms with Crippen molar-refractivity contribution in [2.24, 2.45) is 47.3 Å². The second-order valence-electron chi connectivity index (χ2n) is 7.94. The van der Waals surface area contributed by atoms with Gasteiger partial charge in [-0.15, -0.1) is 0 Å². The number of carbonyl (C=O) groups excluding carboxylic acids is 1. The van der Waals surface area contributed by atoms with Gasteiger partial charge in [0.1, 0.15) is 5.82 Å². The molecular formula is C18H18FNO. The molecule has 1 N–H and O–H groups in total. The summed E-state index contributed by atoms with van der Waals surface area (Å²) in [5.74, 6) is 6.90. The summed E-state index contributed by atoms with van der Waals surface area (Å²) in [6.07, 6.45) is 2.89. The minimum atomic E-state index is -0.285. The standard InChI is InChI=1S/C18H18FNO/c19-8-3-1-7(2-4-8)18(21)20-17-15-11-5-9-10-6-12(13(9)15)16(17)14(10)11/h1-4,9-17H,5-6H2,(H,20,21). The molecule has 6 aliphatic carbocycles. The Bertz CT molecular complexity index is 628. The van der Waals surface area contributed by atoms with Crippen molar-refractivity contribution in [2.75, 3.05) is 0 Å². The number of hydrogen-bond donors (Lipinski definition) is 1. The number of benzene rings is 1. The van der Waals surface area contributed by atoms with Crippen LogP contribution in [0.2, 0.25) is 0 Å². The molecule has 0 heterocycles. The molecule has 3 heteroatoms. The van der Waals surface area contributed by atoms with Gasteiger partial charge < -0.3 is 5.32 Å². The lowest BCUT2D eigenvalue weighted by atomic mass is 9.71. The van der Waals surface area contributed by atoms with E-state index in [1.54, 1.807) is 12.1 Å². The second kappa shape index (κ2) is 3.34. The van der Waals surface area contributed by atoms with Crippen LogP contribution in [-0.2, 0) is 0 Å². The van der Waals surface area contributed by atoms with Crippen LogP contribution in [0.1, 0.15) is 23.2 Å². The van der Waals surface area contributed by atoms with Crippen molar-refractivity contribution in [3.8, 4) is 0 Å². The Labute approximate surface area is 123 Å². The van der Waals surface area contributed by atoms with E-state index in [1.165, 1.54) is 25.0 Å². The molecule has 1 amide bonds. The number of carbonyl (C=O) groups is 1. The summed E-state index contributed by atoms with van der Waals surface area (Å²) in [7, 11) is 0. The van der Waals surface area contributed by atoms with Crippen LogP contribution in [0.4, 0.5) is 4.39 Å². The van der Waals surface area contributed by atoms with E-state index in [1.807, 2.05) is 0 Å². The zero-order valence-electron chi connectivity index (χ0n) is 11.7. The van der Waals surface area contributed by atoms with E-state index in [9.17, 15) is 9.18 Å². The highest BCUT2D eigenvalue weighted by Gasteiger charge is 2.80. The molecule has 8 unspecified atom stereocenters. The average Bonchev–Trinajstić information content (AvgIpc) is 3.18. The van der Waals surface area contributed by atoms with Crippen molar-refractivity contribution >= 4 is 5.91 Å². The fourth-order valence-electron chi connectivity index (χ4n) is 7.65. The Hall–Kier alpha value is -1.38. The van der Waals surface area contributed by atoms with Crippen molar-refractivity contribution in [3.63, 3.8) is 0 Å². The minimum absolute atomic E-state index is 0.00685. The highest BCUT2D eigenvalue weighted by atomic mass is 19.1. The van der Waals surface area contributed by atoms with Crippen molar-refractivity contribution in [2.45, 2.75) is 18.9 Å². The molecule has 21 heavy (non-hydrogen) atoms. The fourth-order valence-corrected chi connectivity index (χ4v) is 7.65. The van der Waals surface area contributed by atoms with E-state index >= 15 is 0 Å². The Morgan fingerprint density at radius 1 is 0.905 bits per heavy atom. The van der Waals surface area contributed by atoms with Gasteiger partial charge in [-0.25, -0.2) is 4.39 Å². The number of halogens is 1. The highest BCUT2D eigenvalue weighted by Crippen LogP contribution is 2.82. The SMILES string of the molecule is O=C(NC1C2C3CC4C5CC(C42)C1C53)c1ccc(F)cc1. The molecule has 0 aliphatic heterocycles. The topological polar surface area (TPSA) is 29.1 Å². The van der Waals surface area contributed by atoms with Gasteiger partial charge >= 0.3 is 0 Å². The molecule has 8 atom stereocenters. The van der Waals surface area contributed by atoms with Gasteiger partial charge in [0.15, 0.2) is 0 Å². The maximum absolute atomic E-state index is 13.0. The molecule has 1 aromatic rings. The quantitative estimate of drug-likeness (QED) is 0.888. The van der Waals surface area contributed by atoms with E-state index in [2.05, 4.69) is 5.32 Å². The molecule has 1 aromatic carbocycles. The van der Waals surface area contributed by atoms with Crippen LogP contribution in [0, 0.1) is 53.2 Å². The Morgan fingerprint density at radius 2 is 1.48 bits per heavy atom. The molecule has 0 spiro atoms. The van der Waals surface area contributed by atoms with E-state index in [4.69, 9.17) is 0 Å². The summed E-state index contributed by atoms with van der Waals surface area (Å²) in [4.78, 5) is 12.5. The zero-order chi connectivity index (χ0) is 13.9. The summed E-state index contributed by atoms with van der Waals surface area (Å²) in [6.45, 7) is 0. The Balaban J connectivity index is 1.31. The lowest BCUT2D eigenvalue weighted by molar-refractivity contribution is 0.0923. The van der Waals surface area contributed by atoms with Gasteiger partial charge in [-0.1, -0.05) is 0 Å². The molecule has 6 aliphatic rings. The third-order valence-corrected chi connectivity index (χ3v) is 7.73. The van der Waals surface area contributed by atoms with Crippen LogP contribution in [-0.4, -0.2) is 11.9 Å². The van der Waals surface area contributed by atoms with Crippen molar-refractivity contribution in [1.82, 2.24) is 5.32 Å². The first-order valence-electron chi connectivity index (χ1n) is 8.30. The van der Waals surface area contributed by atoms with E-state index in [0.717, 1.165) is 47.3 Å². The monoisotopic (exact) mass is 283 g/mol. The number of hydrogen-bond acceptors (Lipinski definition) is 1.